The SMILES string of the molecule is O=C(Nc1ccc(Oc2ccnc3cc(-c4ccccn4)sc23)c(F)c1F)NC1CC1. The quantitative estimate of drug-likeness (QED) is 0.418. The summed E-state index contributed by atoms with van der Waals surface area (Å²) >= 11 is 1.40. The molecule has 0 atom stereocenters. The van der Waals surface area contributed by atoms with E-state index in [9.17, 15) is 13.6 Å². The zero-order valence-corrected chi connectivity index (χ0v) is 16.9. The van der Waals surface area contributed by atoms with Crippen LogP contribution in [-0.4, -0.2) is 22.0 Å². The lowest BCUT2D eigenvalue weighted by molar-refractivity contribution is 0.251. The monoisotopic (exact) mass is 438 g/mol. The number of carbonyl (C=O) groups is 1. The topological polar surface area (TPSA) is 76.1 Å². The van der Waals surface area contributed by atoms with Crippen molar-refractivity contribution >= 4 is 33.3 Å². The van der Waals surface area contributed by atoms with Crippen molar-refractivity contribution in [1.29, 1.82) is 0 Å². The van der Waals surface area contributed by atoms with E-state index in [4.69, 9.17) is 4.74 Å². The molecule has 9 heteroatoms. The molecule has 4 aromatic rings. The fourth-order valence-electron chi connectivity index (χ4n) is 3.03. The van der Waals surface area contributed by atoms with Crippen molar-refractivity contribution in [2.24, 2.45) is 0 Å². The Balaban J connectivity index is 1.42. The first-order chi connectivity index (χ1) is 15.1. The Kier molecular flexibility index (Phi) is 4.95. The number of nitrogens with zero attached hydrogens (tertiary/aromatic N) is 2. The van der Waals surface area contributed by atoms with Crippen molar-refractivity contribution in [1.82, 2.24) is 15.3 Å². The highest BCUT2D eigenvalue weighted by atomic mass is 32.1. The fraction of sp³-hybridized carbons (Fsp3) is 0.136. The maximum Gasteiger partial charge on any atom is 0.319 e. The fourth-order valence-corrected chi connectivity index (χ4v) is 4.07. The number of anilines is 1. The summed E-state index contributed by atoms with van der Waals surface area (Å²) in [6.07, 6.45) is 5.02. The van der Waals surface area contributed by atoms with E-state index in [1.54, 1.807) is 18.5 Å². The van der Waals surface area contributed by atoms with Gasteiger partial charge in [0.2, 0.25) is 5.82 Å². The molecule has 3 heterocycles. The number of rotatable bonds is 5. The summed E-state index contributed by atoms with van der Waals surface area (Å²) in [7, 11) is 0. The van der Waals surface area contributed by atoms with Crippen LogP contribution in [0.3, 0.4) is 0 Å². The highest BCUT2D eigenvalue weighted by Gasteiger charge is 2.24. The van der Waals surface area contributed by atoms with Gasteiger partial charge in [0, 0.05) is 24.5 Å². The van der Waals surface area contributed by atoms with Crippen LogP contribution in [-0.2, 0) is 0 Å². The van der Waals surface area contributed by atoms with Gasteiger partial charge in [-0.15, -0.1) is 11.3 Å². The van der Waals surface area contributed by atoms with Crippen LogP contribution in [0.4, 0.5) is 19.3 Å². The number of hydrogen-bond acceptors (Lipinski definition) is 5. The van der Waals surface area contributed by atoms with Crippen molar-refractivity contribution in [3.05, 3.63) is 66.5 Å². The third-order valence-corrected chi connectivity index (χ3v) is 5.88. The van der Waals surface area contributed by atoms with Crippen molar-refractivity contribution in [2.75, 3.05) is 5.32 Å². The van der Waals surface area contributed by atoms with Gasteiger partial charge in [0.05, 0.1) is 26.5 Å². The van der Waals surface area contributed by atoms with Crippen molar-refractivity contribution in [3.63, 3.8) is 0 Å². The average Bonchev–Trinajstić information content (AvgIpc) is 3.47. The number of ether oxygens (including phenoxy) is 1. The molecular weight excluding hydrogens is 422 g/mol. The van der Waals surface area contributed by atoms with Crippen LogP contribution in [0, 0.1) is 11.6 Å². The van der Waals surface area contributed by atoms with Crippen molar-refractivity contribution in [3.8, 4) is 22.1 Å². The number of hydrogen-bond donors (Lipinski definition) is 2. The van der Waals surface area contributed by atoms with E-state index in [1.807, 2.05) is 24.3 Å². The third-order valence-electron chi connectivity index (χ3n) is 4.72. The molecule has 0 spiro atoms. The Hall–Kier alpha value is -3.59. The predicted octanol–water partition coefficient (Wildman–Crippen LogP) is 5.71. The van der Waals surface area contributed by atoms with Gasteiger partial charge in [0.25, 0.3) is 0 Å². The summed E-state index contributed by atoms with van der Waals surface area (Å²) in [5.74, 6) is -2.31. The second-order valence-electron chi connectivity index (χ2n) is 7.06. The molecule has 1 fully saturated rings. The number of halogens is 2. The first-order valence-corrected chi connectivity index (χ1v) is 10.4. The number of nitrogens with one attached hydrogen (secondary N) is 2. The molecule has 31 heavy (non-hydrogen) atoms. The normalized spacial score (nSPS) is 13.2. The standard InChI is InChI=1S/C22H16F2N4O2S/c23-19-14(28-22(29)27-12-4-5-12)6-7-16(20(19)24)30-17-8-10-26-15-11-18(31-21(15)17)13-3-1-2-9-25-13/h1-3,6-12H,4-5H2,(H2,27,28,29). The molecule has 2 amide bonds. The second-order valence-corrected chi connectivity index (χ2v) is 8.12. The minimum atomic E-state index is -1.19. The number of amides is 2. The smallest absolute Gasteiger partial charge is 0.319 e. The highest BCUT2D eigenvalue weighted by molar-refractivity contribution is 7.22. The molecule has 0 saturated heterocycles. The molecule has 0 aliphatic heterocycles. The number of aromatic nitrogens is 2. The number of pyridine rings is 2. The number of thiophene rings is 1. The van der Waals surface area contributed by atoms with E-state index in [0.717, 1.165) is 23.4 Å². The average molecular weight is 438 g/mol. The molecule has 156 valence electrons. The number of carbonyl (C=O) groups excluding carboxylic acids is 1. The lowest BCUT2D eigenvalue weighted by Gasteiger charge is -2.11. The van der Waals surface area contributed by atoms with Gasteiger partial charge >= 0.3 is 6.03 Å². The molecule has 1 aliphatic rings. The van der Waals surface area contributed by atoms with Crippen LogP contribution < -0.4 is 15.4 Å². The predicted molar refractivity (Wildman–Crippen MR) is 114 cm³/mol. The summed E-state index contributed by atoms with van der Waals surface area (Å²) < 4.78 is 35.5. The van der Waals surface area contributed by atoms with E-state index >= 15 is 0 Å². The van der Waals surface area contributed by atoms with Gasteiger partial charge in [-0.3, -0.25) is 9.97 Å². The number of urea groups is 1. The van der Waals surface area contributed by atoms with E-state index in [1.165, 1.54) is 23.5 Å². The van der Waals surface area contributed by atoms with E-state index < -0.39 is 17.7 Å². The van der Waals surface area contributed by atoms with Gasteiger partial charge in [0.1, 0.15) is 5.75 Å². The van der Waals surface area contributed by atoms with Crippen LogP contribution in [0.2, 0.25) is 0 Å². The van der Waals surface area contributed by atoms with Crippen LogP contribution in [0.25, 0.3) is 20.8 Å². The van der Waals surface area contributed by atoms with Gasteiger partial charge < -0.3 is 15.4 Å². The minimum Gasteiger partial charge on any atom is -0.453 e. The summed E-state index contributed by atoms with van der Waals surface area (Å²) in [6.45, 7) is 0. The van der Waals surface area contributed by atoms with E-state index in [-0.39, 0.29) is 17.5 Å². The highest BCUT2D eigenvalue weighted by Crippen LogP contribution is 2.39. The van der Waals surface area contributed by atoms with Gasteiger partial charge in [-0.2, -0.15) is 4.39 Å². The molecule has 1 saturated carbocycles. The van der Waals surface area contributed by atoms with Crippen LogP contribution in [0.15, 0.2) is 54.9 Å². The lowest BCUT2D eigenvalue weighted by atomic mass is 10.2. The zero-order chi connectivity index (χ0) is 21.4. The molecule has 1 aliphatic carbocycles. The van der Waals surface area contributed by atoms with Crippen LogP contribution in [0.1, 0.15) is 12.8 Å². The molecule has 0 bridgehead atoms. The maximum atomic E-state index is 14.6. The molecule has 6 nitrogen and oxygen atoms in total. The van der Waals surface area contributed by atoms with Gasteiger partial charge in [0.15, 0.2) is 11.6 Å². The van der Waals surface area contributed by atoms with Crippen LogP contribution >= 0.6 is 11.3 Å². The number of benzene rings is 1. The largest absolute Gasteiger partial charge is 0.453 e. The van der Waals surface area contributed by atoms with E-state index in [2.05, 4.69) is 20.6 Å². The third kappa shape index (κ3) is 4.04. The zero-order valence-electron chi connectivity index (χ0n) is 16.1. The molecule has 3 aromatic heterocycles. The summed E-state index contributed by atoms with van der Waals surface area (Å²) in [6, 6.07) is 11.1. The lowest BCUT2D eigenvalue weighted by Crippen LogP contribution is -2.30. The van der Waals surface area contributed by atoms with Gasteiger partial charge in [-0.1, -0.05) is 6.07 Å². The molecule has 0 unspecified atom stereocenters. The number of fused-ring (bicyclic) bond motifs is 1. The molecule has 1 aromatic carbocycles. The maximum absolute atomic E-state index is 14.6. The Morgan fingerprint density at radius 2 is 1.90 bits per heavy atom. The Morgan fingerprint density at radius 3 is 2.68 bits per heavy atom. The van der Waals surface area contributed by atoms with Gasteiger partial charge in [-0.25, -0.2) is 9.18 Å². The van der Waals surface area contributed by atoms with Gasteiger partial charge in [-0.05, 0) is 43.2 Å². The van der Waals surface area contributed by atoms with E-state index in [0.29, 0.717) is 16.0 Å². The summed E-state index contributed by atoms with van der Waals surface area (Å²) in [4.78, 5) is 21.4. The Labute approximate surface area is 179 Å². The molecule has 2 N–H and O–H groups in total. The minimum absolute atomic E-state index is 0.103. The second kappa shape index (κ2) is 7.92. The Bertz CT molecular complexity index is 1280. The van der Waals surface area contributed by atoms with Crippen molar-refractivity contribution < 1.29 is 18.3 Å². The first kappa shape index (κ1) is 19.4. The molecule has 0 radical (unpaired) electrons. The first-order valence-electron chi connectivity index (χ1n) is 9.62. The molecular formula is C22H16F2N4O2S. The van der Waals surface area contributed by atoms with Crippen LogP contribution in [0.5, 0.6) is 11.5 Å². The van der Waals surface area contributed by atoms with Crippen molar-refractivity contribution in [2.45, 2.75) is 18.9 Å². The molecule has 5 rings (SSSR count). The summed E-state index contributed by atoms with van der Waals surface area (Å²) in [5.41, 5.74) is 1.20. The summed E-state index contributed by atoms with van der Waals surface area (Å²) in [5, 5.41) is 4.99. The Morgan fingerprint density at radius 1 is 1.03 bits per heavy atom.